The highest BCUT2D eigenvalue weighted by atomic mass is 16.5. The Bertz CT molecular complexity index is 1460. The van der Waals surface area contributed by atoms with Crippen molar-refractivity contribution in [2.24, 2.45) is 0 Å². The third-order valence-corrected chi connectivity index (χ3v) is 6.32. The van der Waals surface area contributed by atoms with Crippen molar-refractivity contribution in [3.8, 4) is 22.6 Å². The molecule has 0 radical (unpaired) electrons. The number of anilines is 1. The van der Waals surface area contributed by atoms with Gasteiger partial charge in [0.2, 0.25) is 0 Å². The van der Waals surface area contributed by atoms with Crippen molar-refractivity contribution in [2.45, 2.75) is 60.6 Å². The molecule has 248 valence electrons. The normalized spacial score (nSPS) is 9.28. The van der Waals surface area contributed by atoms with Gasteiger partial charge in [0.1, 0.15) is 12.4 Å². The van der Waals surface area contributed by atoms with E-state index in [-0.39, 0.29) is 6.04 Å². The predicted molar refractivity (Wildman–Crippen MR) is 204 cm³/mol. The molecule has 0 fully saturated rings. The van der Waals surface area contributed by atoms with Crippen molar-refractivity contribution in [3.05, 3.63) is 170 Å². The molecule has 47 heavy (non-hydrogen) atoms. The number of hydrogen-bond acceptors (Lipinski definition) is 4. The maximum atomic E-state index is 6.38. The molecule has 0 spiro atoms. The van der Waals surface area contributed by atoms with Crippen LogP contribution in [-0.4, -0.2) is 12.1 Å². The molecule has 0 saturated carbocycles. The highest BCUT2D eigenvalue weighted by Gasteiger charge is 2.18. The van der Waals surface area contributed by atoms with Gasteiger partial charge < -0.3 is 14.8 Å². The lowest BCUT2D eigenvalue weighted by Gasteiger charge is -2.22. The molecule has 0 aliphatic carbocycles. The van der Waals surface area contributed by atoms with Crippen LogP contribution in [-0.2, 0) is 6.61 Å². The van der Waals surface area contributed by atoms with Crippen molar-refractivity contribution in [2.75, 3.05) is 12.4 Å². The van der Waals surface area contributed by atoms with E-state index in [4.69, 9.17) is 14.5 Å². The first-order valence-corrected chi connectivity index (χ1v) is 16.5. The summed E-state index contributed by atoms with van der Waals surface area (Å²) in [6, 6.07) is 40.9. The van der Waals surface area contributed by atoms with Gasteiger partial charge in [-0.15, -0.1) is 13.2 Å². The summed E-state index contributed by atoms with van der Waals surface area (Å²) in [6.45, 7) is 19.2. The van der Waals surface area contributed by atoms with Crippen LogP contribution in [0.5, 0.6) is 11.5 Å². The Morgan fingerprint density at radius 2 is 1.23 bits per heavy atom. The quantitative estimate of drug-likeness (QED) is 0.156. The minimum atomic E-state index is -0.0818. The second-order valence-corrected chi connectivity index (χ2v) is 9.58. The Morgan fingerprint density at radius 3 is 1.72 bits per heavy atom. The van der Waals surface area contributed by atoms with E-state index in [9.17, 15) is 0 Å². The van der Waals surface area contributed by atoms with Gasteiger partial charge in [-0.2, -0.15) is 0 Å². The van der Waals surface area contributed by atoms with Crippen LogP contribution in [0.3, 0.4) is 0 Å². The minimum Gasteiger partial charge on any atom is -0.497 e. The Kier molecular flexibility index (Phi) is 21.4. The number of methoxy groups -OCH3 is 1. The average Bonchev–Trinajstić information content (AvgIpc) is 3.16. The predicted octanol–water partition coefficient (Wildman–Crippen LogP) is 12.4. The van der Waals surface area contributed by atoms with E-state index < -0.39 is 0 Å². The van der Waals surface area contributed by atoms with E-state index in [1.165, 1.54) is 0 Å². The lowest BCUT2D eigenvalue weighted by Crippen LogP contribution is -2.14. The molecule has 0 atom stereocenters. The van der Waals surface area contributed by atoms with Crippen molar-refractivity contribution < 1.29 is 9.47 Å². The summed E-state index contributed by atoms with van der Waals surface area (Å²) in [4.78, 5) is 4.83. The number of benzene rings is 4. The third-order valence-electron chi connectivity index (χ3n) is 6.32. The number of nitrogens with one attached hydrogen (secondary N) is 1. The minimum absolute atomic E-state index is 0.0818. The number of allylic oxidation sites excluding steroid dienone is 2. The number of rotatable bonds is 10. The van der Waals surface area contributed by atoms with Crippen molar-refractivity contribution in [1.29, 1.82) is 0 Å². The second-order valence-electron chi connectivity index (χ2n) is 9.58. The number of nitrogens with zero attached hydrogens (tertiary/aromatic N) is 1. The molecule has 1 N–H and O–H groups in total. The van der Waals surface area contributed by atoms with Crippen molar-refractivity contribution in [1.82, 2.24) is 4.98 Å². The lowest BCUT2D eigenvalue weighted by molar-refractivity contribution is 0.305. The fourth-order valence-electron chi connectivity index (χ4n) is 4.16. The van der Waals surface area contributed by atoms with Crippen molar-refractivity contribution in [3.63, 3.8) is 0 Å². The van der Waals surface area contributed by atoms with Gasteiger partial charge in [0.15, 0.2) is 11.6 Å². The Labute approximate surface area is 284 Å². The van der Waals surface area contributed by atoms with E-state index in [1.54, 1.807) is 13.2 Å². The molecule has 1 heterocycles. The van der Waals surface area contributed by atoms with Crippen LogP contribution in [0, 0.1) is 0 Å². The molecule has 5 aromatic rings. The van der Waals surface area contributed by atoms with E-state index >= 15 is 0 Å². The molecule has 0 amide bonds. The van der Waals surface area contributed by atoms with Gasteiger partial charge in [-0.25, -0.2) is 4.98 Å². The summed E-state index contributed by atoms with van der Waals surface area (Å²) in [5.74, 6) is 2.19. The van der Waals surface area contributed by atoms with E-state index in [0.29, 0.717) is 18.2 Å². The largest absolute Gasteiger partial charge is 0.497 e. The summed E-state index contributed by atoms with van der Waals surface area (Å²) in [6.07, 6.45) is 6.60. The van der Waals surface area contributed by atoms with Crippen molar-refractivity contribution >= 4 is 5.82 Å². The highest BCUT2D eigenvalue weighted by Crippen LogP contribution is 2.34. The van der Waals surface area contributed by atoms with Gasteiger partial charge in [0, 0.05) is 11.8 Å². The summed E-state index contributed by atoms with van der Waals surface area (Å²) < 4.78 is 11.8. The summed E-state index contributed by atoms with van der Waals surface area (Å²) in [5.41, 5.74) is 5.41. The number of pyridine rings is 1. The summed E-state index contributed by atoms with van der Waals surface area (Å²) in [5, 5.41) is 3.66. The Hall–Kier alpha value is -5.09. The van der Waals surface area contributed by atoms with Crippen LogP contribution in [0.4, 0.5) is 5.82 Å². The van der Waals surface area contributed by atoms with Crippen LogP contribution in [0.25, 0.3) is 11.1 Å². The van der Waals surface area contributed by atoms with Crippen LogP contribution in [0.2, 0.25) is 0 Å². The third kappa shape index (κ3) is 14.3. The molecule has 4 heteroatoms. The van der Waals surface area contributed by atoms with Gasteiger partial charge in [-0.05, 0) is 53.8 Å². The fourth-order valence-corrected chi connectivity index (χ4v) is 4.16. The molecular weight excluding hydrogens is 576 g/mol. The number of ether oxygens (including phenoxy) is 2. The summed E-state index contributed by atoms with van der Waals surface area (Å²) >= 11 is 0. The molecule has 0 aliphatic rings. The molecular formula is C43H54N2O2. The topological polar surface area (TPSA) is 43.4 Å². The standard InChI is InChI=1S/C32H28N2O2.C4H8.C3H6.2C2H6/c1-35-29-19-11-12-24(20-29)23-36-30-21-28(25-13-5-2-6-14-25)22-33-32(30)34-31(26-15-7-3-8-16-26)27-17-9-4-10-18-27;1-3-4-2;1-3-2;2*1-2/h2-22,31H,23H2,1H3,(H,33,34);3H,1,4H2,2H3;3H,1H2,2H3;2*1-2H3. The first kappa shape index (κ1) is 39.9. The molecule has 0 bridgehead atoms. The van der Waals surface area contributed by atoms with Crippen LogP contribution in [0.1, 0.15) is 70.7 Å². The SMILES string of the molecule is C=CC.C=CCC.CC.CC.COc1cccc(COc2cc(-c3ccccc3)cnc2NC(c2ccccc2)c2ccccc2)c1. The number of aromatic nitrogens is 1. The smallest absolute Gasteiger partial charge is 0.169 e. The average molecular weight is 631 g/mol. The van der Waals surface area contributed by atoms with Gasteiger partial charge in [0.05, 0.1) is 13.2 Å². The molecule has 5 rings (SSSR count). The highest BCUT2D eigenvalue weighted by molar-refractivity contribution is 5.68. The zero-order valence-corrected chi connectivity index (χ0v) is 29.4. The maximum Gasteiger partial charge on any atom is 0.169 e. The van der Waals surface area contributed by atoms with E-state index in [0.717, 1.165) is 40.0 Å². The van der Waals surface area contributed by atoms with Crippen LogP contribution < -0.4 is 14.8 Å². The Balaban J connectivity index is 0.000000892. The lowest BCUT2D eigenvalue weighted by atomic mass is 9.98. The van der Waals surface area contributed by atoms with Gasteiger partial charge in [-0.1, -0.05) is 150 Å². The van der Waals surface area contributed by atoms with Crippen LogP contribution in [0.15, 0.2) is 153 Å². The molecule has 1 aromatic heterocycles. The number of hydrogen-bond donors (Lipinski definition) is 1. The monoisotopic (exact) mass is 630 g/mol. The van der Waals surface area contributed by atoms with Gasteiger partial charge >= 0.3 is 0 Å². The van der Waals surface area contributed by atoms with Gasteiger partial charge in [0.25, 0.3) is 0 Å². The zero-order valence-electron chi connectivity index (χ0n) is 29.4. The zero-order chi connectivity index (χ0) is 34.7. The maximum absolute atomic E-state index is 6.38. The molecule has 4 nitrogen and oxygen atoms in total. The molecule has 0 aliphatic heterocycles. The van der Waals surface area contributed by atoms with Gasteiger partial charge in [-0.3, -0.25) is 0 Å². The van der Waals surface area contributed by atoms with Crippen LogP contribution >= 0.6 is 0 Å². The fraction of sp³-hybridized carbons (Fsp3) is 0.233. The first-order valence-electron chi connectivity index (χ1n) is 16.5. The van der Waals surface area contributed by atoms with E-state index in [1.807, 2.05) is 101 Å². The first-order chi connectivity index (χ1) is 23.1. The molecule has 4 aromatic carbocycles. The Morgan fingerprint density at radius 1 is 0.723 bits per heavy atom. The molecule has 0 saturated heterocycles. The second kappa shape index (κ2) is 25.1. The molecule has 0 unspecified atom stereocenters. The van der Waals surface area contributed by atoms with E-state index in [2.05, 4.69) is 92.1 Å². The summed E-state index contributed by atoms with van der Waals surface area (Å²) in [7, 11) is 1.67.